The number of nitrogens with zero attached hydrogens (tertiary/aromatic N) is 3. The second kappa shape index (κ2) is 8.50. The molecule has 0 aliphatic rings. The van der Waals surface area contributed by atoms with Crippen molar-refractivity contribution >= 4 is 34.2 Å². The number of anilines is 2. The van der Waals surface area contributed by atoms with Crippen LogP contribution in [0, 0.1) is 5.82 Å². The van der Waals surface area contributed by atoms with E-state index in [-0.39, 0.29) is 17.6 Å². The first kappa shape index (κ1) is 21.0. The Morgan fingerprint density at radius 1 is 1.06 bits per heavy atom. The van der Waals surface area contributed by atoms with Gasteiger partial charge in [-0.05, 0) is 54.6 Å². The van der Waals surface area contributed by atoms with Crippen LogP contribution < -0.4 is 15.0 Å². The van der Waals surface area contributed by atoms with Crippen molar-refractivity contribution in [2.45, 2.75) is 6.92 Å². The summed E-state index contributed by atoms with van der Waals surface area (Å²) in [6.45, 7) is 1.45. The number of halogens is 1. The van der Waals surface area contributed by atoms with E-state index in [0.29, 0.717) is 16.9 Å². The van der Waals surface area contributed by atoms with Gasteiger partial charge in [0.05, 0.1) is 18.1 Å². The summed E-state index contributed by atoms with van der Waals surface area (Å²) in [7, 11) is 3.00. The van der Waals surface area contributed by atoms with Gasteiger partial charge in [-0.25, -0.2) is 9.37 Å². The highest BCUT2D eigenvalue weighted by atomic mass is 19.1. The molecule has 0 fully saturated rings. The highest BCUT2D eigenvalue weighted by Gasteiger charge is 2.17. The van der Waals surface area contributed by atoms with Crippen molar-refractivity contribution in [3.05, 3.63) is 78.4 Å². The van der Waals surface area contributed by atoms with Gasteiger partial charge >= 0.3 is 0 Å². The first-order valence-electron chi connectivity index (χ1n) is 9.84. The molecule has 0 saturated heterocycles. The maximum atomic E-state index is 13.7. The third-order valence-electron chi connectivity index (χ3n) is 5.09. The number of rotatable bonds is 5. The minimum Gasteiger partial charge on any atom is -0.494 e. The van der Waals surface area contributed by atoms with Crippen LogP contribution in [0.15, 0.2) is 67.0 Å². The van der Waals surface area contributed by atoms with Crippen molar-refractivity contribution in [1.29, 1.82) is 0 Å². The first-order valence-corrected chi connectivity index (χ1v) is 9.84. The van der Waals surface area contributed by atoms with E-state index in [9.17, 15) is 14.0 Å². The number of hydrogen-bond acceptors (Lipinski definition) is 4. The summed E-state index contributed by atoms with van der Waals surface area (Å²) in [6.07, 6.45) is 1.68. The van der Waals surface area contributed by atoms with Gasteiger partial charge in [0.15, 0.2) is 11.6 Å². The van der Waals surface area contributed by atoms with E-state index in [1.54, 1.807) is 43.7 Å². The monoisotopic (exact) mass is 432 g/mol. The zero-order valence-electron chi connectivity index (χ0n) is 17.8. The highest BCUT2D eigenvalue weighted by Crippen LogP contribution is 2.26. The lowest BCUT2D eigenvalue weighted by Gasteiger charge is -2.18. The quantitative estimate of drug-likeness (QED) is 0.507. The van der Waals surface area contributed by atoms with Gasteiger partial charge in [0, 0.05) is 42.7 Å². The van der Waals surface area contributed by atoms with Crippen molar-refractivity contribution in [1.82, 2.24) is 9.55 Å². The van der Waals surface area contributed by atoms with Crippen LogP contribution in [-0.4, -0.2) is 35.5 Å². The molecule has 2 amide bonds. The normalized spacial score (nSPS) is 10.8. The summed E-state index contributed by atoms with van der Waals surface area (Å²) in [5, 5.41) is 2.73. The summed E-state index contributed by atoms with van der Waals surface area (Å²) in [5.74, 6) is -0.823. The second-order valence-electron chi connectivity index (χ2n) is 7.23. The number of carbonyl (C=O) groups is 2. The summed E-state index contributed by atoms with van der Waals surface area (Å²) < 4.78 is 20.6. The lowest BCUT2D eigenvalue weighted by molar-refractivity contribution is -0.114. The second-order valence-corrected chi connectivity index (χ2v) is 7.23. The molecule has 162 valence electrons. The molecule has 1 N–H and O–H groups in total. The number of fused-ring (bicyclic) bond motifs is 1. The van der Waals surface area contributed by atoms with E-state index in [4.69, 9.17) is 4.74 Å². The maximum Gasteiger partial charge on any atom is 0.258 e. The lowest BCUT2D eigenvalue weighted by Crippen LogP contribution is -2.26. The van der Waals surface area contributed by atoms with Crippen LogP contribution in [0.2, 0.25) is 0 Å². The van der Waals surface area contributed by atoms with E-state index in [1.165, 1.54) is 37.1 Å². The summed E-state index contributed by atoms with van der Waals surface area (Å²) in [4.78, 5) is 30.2. The zero-order chi connectivity index (χ0) is 22.8. The van der Waals surface area contributed by atoms with Gasteiger partial charge in [-0.15, -0.1) is 0 Å². The Hall–Kier alpha value is -4.20. The van der Waals surface area contributed by atoms with Crippen LogP contribution in [0.5, 0.6) is 5.75 Å². The van der Waals surface area contributed by atoms with Crippen LogP contribution in [0.1, 0.15) is 17.3 Å². The largest absolute Gasteiger partial charge is 0.494 e. The third-order valence-corrected chi connectivity index (χ3v) is 5.09. The van der Waals surface area contributed by atoms with E-state index < -0.39 is 5.82 Å². The Labute approximate surface area is 184 Å². The predicted octanol–water partition coefficient (Wildman–Crippen LogP) is 4.41. The van der Waals surface area contributed by atoms with Crippen molar-refractivity contribution in [2.24, 2.45) is 0 Å². The number of carbonyl (C=O) groups excluding carboxylic acids is 2. The molecule has 1 heterocycles. The molecule has 4 aromatic rings. The van der Waals surface area contributed by atoms with Gasteiger partial charge in [0.25, 0.3) is 5.91 Å². The maximum absolute atomic E-state index is 13.7. The van der Waals surface area contributed by atoms with Crippen molar-refractivity contribution < 1.29 is 18.7 Å². The molecule has 0 unspecified atom stereocenters. The predicted molar refractivity (Wildman–Crippen MR) is 121 cm³/mol. The summed E-state index contributed by atoms with van der Waals surface area (Å²) in [5.41, 5.74) is 3.99. The number of ether oxygens (including phenoxy) is 1. The topological polar surface area (TPSA) is 76.5 Å². The molecular weight excluding hydrogens is 411 g/mol. The summed E-state index contributed by atoms with van der Waals surface area (Å²) >= 11 is 0. The average molecular weight is 432 g/mol. The lowest BCUT2D eigenvalue weighted by atomic mass is 10.1. The van der Waals surface area contributed by atoms with E-state index in [0.717, 1.165) is 16.7 Å². The molecule has 0 spiro atoms. The van der Waals surface area contributed by atoms with Crippen molar-refractivity contribution in [3.63, 3.8) is 0 Å². The van der Waals surface area contributed by atoms with Crippen LogP contribution in [0.25, 0.3) is 16.7 Å². The smallest absolute Gasteiger partial charge is 0.258 e. The molecule has 1 aromatic heterocycles. The molecule has 0 aliphatic heterocycles. The Morgan fingerprint density at radius 3 is 2.50 bits per heavy atom. The average Bonchev–Trinajstić information content (AvgIpc) is 3.22. The van der Waals surface area contributed by atoms with Crippen LogP contribution in [0.4, 0.5) is 15.8 Å². The molecule has 32 heavy (non-hydrogen) atoms. The molecule has 0 radical (unpaired) electrons. The molecule has 0 bridgehead atoms. The Kier molecular flexibility index (Phi) is 5.59. The van der Waals surface area contributed by atoms with Gasteiger partial charge in [0.2, 0.25) is 5.91 Å². The van der Waals surface area contributed by atoms with Gasteiger partial charge in [-0.3, -0.25) is 14.2 Å². The third kappa shape index (κ3) is 4.02. The van der Waals surface area contributed by atoms with Gasteiger partial charge in [-0.1, -0.05) is 0 Å². The number of nitrogens with one attached hydrogen (secondary N) is 1. The molecule has 0 saturated carbocycles. The standard InChI is InChI=1S/C24H21FN4O3/c1-15(30)27-17-5-7-18(8-6-17)29-14-26-21-11-4-16(12-22(21)29)24(31)28(2)19-9-10-20(25)23(13-19)32-3/h4-14H,1-3H3,(H,27,30). The van der Waals surface area contributed by atoms with Gasteiger partial charge in [0.1, 0.15) is 6.33 Å². The van der Waals surface area contributed by atoms with Gasteiger partial charge in [-0.2, -0.15) is 0 Å². The number of benzene rings is 3. The minimum absolute atomic E-state index is 0.0680. The fraction of sp³-hybridized carbons (Fsp3) is 0.125. The number of hydrogen-bond donors (Lipinski definition) is 1. The molecular formula is C24H21FN4O3. The Bertz CT molecular complexity index is 1310. The van der Waals surface area contributed by atoms with E-state index in [2.05, 4.69) is 10.3 Å². The first-order chi connectivity index (χ1) is 15.4. The van der Waals surface area contributed by atoms with Crippen LogP contribution >= 0.6 is 0 Å². The van der Waals surface area contributed by atoms with Crippen molar-refractivity contribution in [3.8, 4) is 11.4 Å². The fourth-order valence-corrected chi connectivity index (χ4v) is 3.42. The number of amides is 2. The molecule has 3 aromatic carbocycles. The van der Waals surface area contributed by atoms with Crippen molar-refractivity contribution in [2.75, 3.05) is 24.4 Å². The van der Waals surface area contributed by atoms with Gasteiger partial charge < -0.3 is 15.0 Å². The fourth-order valence-electron chi connectivity index (χ4n) is 3.42. The molecule has 0 atom stereocenters. The van der Waals surface area contributed by atoms with E-state index >= 15 is 0 Å². The molecule has 0 aliphatic carbocycles. The Morgan fingerprint density at radius 2 is 1.81 bits per heavy atom. The highest BCUT2D eigenvalue weighted by molar-refractivity contribution is 6.07. The number of aromatic nitrogens is 2. The van der Waals surface area contributed by atoms with Crippen LogP contribution in [0.3, 0.4) is 0 Å². The molecule has 8 heteroatoms. The zero-order valence-corrected chi connectivity index (χ0v) is 17.8. The van der Waals surface area contributed by atoms with Crippen LogP contribution in [-0.2, 0) is 4.79 Å². The number of methoxy groups -OCH3 is 1. The SMILES string of the molecule is COc1cc(N(C)C(=O)c2ccc3ncn(-c4ccc(NC(C)=O)cc4)c3c2)ccc1F. The molecule has 7 nitrogen and oxygen atoms in total. The number of imidazole rings is 1. The molecule has 4 rings (SSSR count). The minimum atomic E-state index is -0.494. The van der Waals surface area contributed by atoms with E-state index in [1.807, 2.05) is 16.7 Å². The Balaban J connectivity index is 1.66. The summed E-state index contributed by atoms with van der Waals surface area (Å²) in [6, 6.07) is 16.8.